The Balaban J connectivity index is 2.07. The van der Waals surface area contributed by atoms with Crippen LogP contribution in [0.25, 0.3) is 0 Å². The maximum atomic E-state index is 13.7. The molecule has 27 heavy (non-hydrogen) atoms. The number of ether oxygens (including phenoxy) is 2. The van der Waals surface area contributed by atoms with Gasteiger partial charge in [0.05, 0.1) is 14.2 Å². The van der Waals surface area contributed by atoms with Gasteiger partial charge in [0.1, 0.15) is 5.82 Å². The normalized spacial score (nSPS) is 11.6. The Kier molecular flexibility index (Phi) is 7.37. The molecule has 1 amide bonds. The minimum atomic E-state index is -1.55. The number of hydrogen-bond donors (Lipinski definition) is 2. The van der Waals surface area contributed by atoms with E-state index in [0.717, 1.165) is 11.1 Å². The number of aliphatic hydroxyl groups excluding tert-OH is 1. The number of amides is 1. The topological polar surface area (TPSA) is 67.8 Å². The molecule has 6 heteroatoms. The van der Waals surface area contributed by atoms with Gasteiger partial charge in [-0.3, -0.25) is 4.79 Å². The lowest BCUT2D eigenvalue weighted by Gasteiger charge is -2.17. The first kappa shape index (κ1) is 20.5. The van der Waals surface area contributed by atoms with Crippen molar-refractivity contribution in [3.8, 4) is 11.5 Å². The fraction of sp³-hybridized carbons (Fsp3) is 0.286. The molecule has 0 aliphatic rings. The van der Waals surface area contributed by atoms with Crippen molar-refractivity contribution in [3.05, 3.63) is 71.6 Å². The average Bonchev–Trinajstić information content (AvgIpc) is 2.68. The van der Waals surface area contributed by atoms with Crippen molar-refractivity contribution in [1.82, 2.24) is 5.32 Å². The van der Waals surface area contributed by atoms with E-state index < -0.39 is 17.8 Å². The molecule has 0 radical (unpaired) electrons. The first-order valence-corrected chi connectivity index (χ1v) is 8.57. The van der Waals surface area contributed by atoms with E-state index in [1.807, 2.05) is 6.07 Å². The summed E-state index contributed by atoms with van der Waals surface area (Å²) in [6, 6.07) is 9.37. The van der Waals surface area contributed by atoms with Crippen LogP contribution in [0.15, 0.2) is 49.1 Å². The molecule has 2 rings (SSSR count). The van der Waals surface area contributed by atoms with Gasteiger partial charge in [-0.2, -0.15) is 0 Å². The Morgan fingerprint density at radius 1 is 1.26 bits per heavy atom. The van der Waals surface area contributed by atoms with E-state index in [0.29, 0.717) is 24.3 Å². The molecule has 144 valence electrons. The van der Waals surface area contributed by atoms with Crippen molar-refractivity contribution in [2.75, 3.05) is 20.8 Å². The van der Waals surface area contributed by atoms with E-state index >= 15 is 0 Å². The summed E-state index contributed by atoms with van der Waals surface area (Å²) in [4.78, 5) is 12.1. The van der Waals surface area contributed by atoms with E-state index in [2.05, 4.69) is 11.9 Å². The lowest BCUT2D eigenvalue weighted by Crippen LogP contribution is -2.31. The molecule has 1 unspecified atom stereocenters. The minimum absolute atomic E-state index is 0.0477. The second-order valence-corrected chi connectivity index (χ2v) is 5.90. The van der Waals surface area contributed by atoms with Crippen LogP contribution in [-0.4, -0.2) is 31.8 Å². The summed E-state index contributed by atoms with van der Waals surface area (Å²) < 4.78 is 24.5. The summed E-state index contributed by atoms with van der Waals surface area (Å²) in [6.45, 7) is 4.05. The number of methoxy groups -OCH3 is 2. The first-order chi connectivity index (χ1) is 13.0. The van der Waals surface area contributed by atoms with Crippen LogP contribution in [0, 0.1) is 5.82 Å². The van der Waals surface area contributed by atoms with Crippen molar-refractivity contribution in [1.29, 1.82) is 0 Å². The van der Waals surface area contributed by atoms with Crippen LogP contribution < -0.4 is 14.8 Å². The lowest BCUT2D eigenvalue weighted by molar-refractivity contribution is -0.129. The Morgan fingerprint density at radius 3 is 2.63 bits per heavy atom. The molecule has 2 aromatic rings. The highest BCUT2D eigenvalue weighted by Crippen LogP contribution is 2.34. The summed E-state index contributed by atoms with van der Waals surface area (Å²) in [5, 5.41) is 12.7. The molecule has 2 aromatic carbocycles. The zero-order chi connectivity index (χ0) is 19.8. The Labute approximate surface area is 158 Å². The highest BCUT2D eigenvalue weighted by atomic mass is 19.1. The number of halogens is 1. The van der Waals surface area contributed by atoms with Gasteiger partial charge in [0.2, 0.25) is 0 Å². The number of carbonyl (C=O) groups excluding carboxylic acids is 1. The Bertz CT molecular complexity index is 807. The van der Waals surface area contributed by atoms with Crippen molar-refractivity contribution in [3.63, 3.8) is 0 Å². The molecule has 0 aromatic heterocycles. The smallest absolute Gasteiger partial charge is 0.253 e. The Morgan fingerprint density at radius 2 is 2.00 bits per heavy atom. The van der Waals surface area contributed by atoms with Gasteiger partial charge in [-0.05, 0) is 30.5 Å². The van der Waals surface area contributed by atoms with E-state index in [9.17, 15) is 14.3 Å². The molecule has 0 saturated heterocycles. The molecule has 2 N–H and O–H groups in total. The number of nitrogens with one attached hydrogen (secondary N) is 1. The van der Waals surface area contributed by atoms with E-state index in [-0.39, 0.29) is 12.1 Å². The monoisotopic (exact) mass is 373 g/mol. The van der Waals surface area contributed by atoms with E-state index in [4.69, 9.17) is 9.47 Å². The second-order valence-electron chi connectivity index (χ2n) is 5.90. The summed E-state index contributed by atoms with van der Waals surface area (Å²) >= 11 is 0. The van der Waals surface area contributed by atoms with Gasteiger partial charge >= 0.3 is 0 Å². The standard InChI is InChI=1S/C21H24FNO4/c1-4-7-15-14(10-11-18(26-2)20(15)27-3)12-13-23-21(25)19(24)16-8-5-6-9-17(16)22/h4-6,8-11,19,24H,1,7,12-13H2,2-3H3,(H,23,25). The molecule has 0 fully saturated rings. The molecule has 5 nitrogen and oxygen atoms in total. The van der Waals surface area contributed by atoms with Gasteiger partial charge < -0.3 is 19.9 Å². The van der Waals surface area contributed by atoms with Crippen molar-refractivity contribution in [2.24, 2.45) is 0 Å². The predicted octanol–water partition coefficient (Wildman–Crippen LogP) is 2.96. The molecular formula is C21H24FNO4. The highest BCUT2D eigenvalue weighted by Gasteiger charge is 2.20. The molecule has 0 saturated carbocycles. The van der Waals surface area contributed by atoms with Crippen LogP contribution in [0.2, 0.25) is 0 Å². The minimum Gasteiger partial charge on any atom is -0.493 e. The molecular weight excluding hydrogens is 349 g/mol. The van der Waals surface area contributed by atoms with Gasteiger partial charge in [-0.25, -0.2) is 4.39 Å². The summed E-state index contributed by atoms with van der Waals surface area (Å²) in [7, 11) is 3.14. The molecule has 0 bridgehead atoms. The van der Waals surface area contributed by atoms with Crippen LogP contribution in [0.5, 0.6) is 11.5 Å². The van der Waals surface area contributed by atoms with Gasteiger partial charge in [0.15, 0.2) is 17.6 Å². The third-order valence-electron chi connectivity index (χ3n) is 4.24. The fourth-order valence-corrected chi connectivity index (χ4v) is 2.89. The predicted molar refractivity (Wildman–Crippen MR) is 102 cm³/mol. The molecule has 0 spiro atoms. The van der Waals surface area contributed by atoms with Gasteiger partial charge in [-0.1, -0.05) is 30.3 Å². The second kappa shape index (κ2) is 9.73. The largest absolute Gasteiger partial charge is 0.493 e. The van der Waals surface area contributed by atoms with Crippen LogP contribution in [0.3, 0.4) is 0 Å². The number of allylic oxidation sites excluding steroid dienone is 1. The van der Waals surface area contributed by atoms with Gasteiger partial charge in [-0.15, -0.1) is 6.58 Å². The molecule has 0 aliphatic carbocycles. The van der Waals surface area contributed by atoms with Gasteiger partial charge in [0.25, 0.3) is 5.91 Å². The zero-order valence-corrected chi connectivity index (χ0v) is 15.5. The van der Waals surface area contributed by atoms with Crippen molar-refractivity contribution < 1.29 is 23.8 Å². The van der Waals surface area contributed by atoms with Crippen LogP contribution >= 0.6 is 0 Å². The number of benzene rings is 2. The Hall–Kier alpha value is -2.86. The summed E-state index contributed by atoms with van der Waals surface area (Å²) in [5.41, 5.74) is 1.84. The third kappa shape index (κ3) is 4.86. The lowest BCUT2D eigenvalue weighted by atomic mass is 9.99. The fourth-order valence-electron chi connectivity index (χ4n) is 2.89. The quantitative estimate of drug-likeness (QED) is 0.663. The van der Waals surface area contributed by atoms with Crippen LogP contribution in [-0.2, 0) is 17.6 Å². The average molecular weight is 373 g/mol. The van der Waals surface area contributed by atoms with E-state index in [1.54, 1.807) is 32.4 Å². The number of rotatable bonds is 9. The van der Waals surface area contributed by atoms with Crippen LogP contribution in [0.4, 0.5) is 4.39 Å². The number of carbonyl (C=O) groups is 1. The summed E-state index contributed by atoms with van der Waals surface area (Å²) in [5.74, 6) is -0.0103. The van der Waals surface area contributed by atoms with Gasteiger partial charge in [0, 0.05) is 17.7 Å². The molecule has 0 heterocycles. The highest BCUT2D eigenvalue weighted by molar-refractivity contribution is 5.81. The maximum Gasteiger partial charge on any atom is 0.253 e. The third-order valence-corrected chi connectivity index (χ3v) is 4.24. The SMILES string of the molecule is C=CCc1c(CCNC(=O)C(O)c2ccccc2F)ccc(OC)c1OC. The van der Waals surface area contributed by atoms with Crippen molar-refractivity contribution in [2.45, 2.75) is 18.9 Å². The first-order valence-electron chi connectivity index (χ1n) is 8.57. The molecule has 0 aliphatic heterocycles. The molecule has 1 atom stereocenters. The van der Waals surface area contributed by atoms with Crippen LogP contribution in [0.1, 0.15) is 22.8 Å². The number of aliphatic hydroxyl groups is 1. The van der Waals surface area contributed by atoms with Crippen molar-refractivity contribution >= 4 is 5.91 Å². The number of hydrogen-bond acceptors (Lipinski definition) is 4. The van der Waals surface area contributed by atoms with E-state index in [1.165, 1.54) is 18.2 Å². The zero-order valence-electron chi connectivity index (χ0n) is 15.5. The summed E-state index contributed by atoms with van der Waals surface area (Å²) in [6.07, 6.45) is 1.31. The maximum absolute atomic E-state index is 13.7.